The lowest BCUT2D eigenvalue weighted by atomic mass is 10.1. The molecule has 2 heterocycles. The maximum Gasteiger partial charge on any atom is 0.410 e. The van der Waals surface area contributed by atoms with E-state index in [2.05, 4.69) is 10.4 Å². The van der Waals surface area contributed by atoms with E-state index in [4.69, 9.17) is 4.74 Å². The molecule has 1 aliphatic heterocycles. The Morgan fingerprint density at radius 3 is 2.90 bits per heavy atom. The van der Waals surface area contributed by atoms with Gasteiger partial charge in [-0.1, -0.05) is 0 Å². The van der Waals surface area contributed by atoms with E-state index >= 15 is 0 Å². The third kappa shape index (κ3) is 3.50. The molecule has 1 atom stereocenters. The summed E-state index contributed by atoms with van der Waals surface area (Å²) in [5.41, 5.74) is 0.430. The van der Waals surface area contributed by atoms with Crippen LogP contribution in [0.3, 0.4) is 0 Å². The van der Waals surface area contributed by atoms with Crippen molar-refractivity contribution in [2.75, 3.05) is 19.6 Å². The monoisotopic (exact) mass is 280 g/mol. The van der Waals surface area contributed by atoms with Crippen molar-refractivity contribution in [3.05, 3.63) is 18.0 Å². The Morgan fingerprint density at radius 1 is 1.55 bits per heavy atom. The largest absolute Gasteiger partial charge is 0.444 e. The van der Waals surface area contributed by atoms with Crippen molar-refractivity contribution >= 4 is 6.09 Å². The first-order valence-corrected chi connectivity index (χ1v) is 7.14. The molecule has 0 radical (unpaired) electrons. The summed E-state index contributed by atoms with van der Waals surface area (Å²) in [6, 6.07) is 1.91. The summed E-state index contributed by atoms with van der Waals surface area (Å²) >= 11 is 0. The summed E-state index contributed by atoms with van der Waals surface area (Å²) < 4.78 is 7.36. The van der Waals surface area contributed by atoms with Gasteiger partial charge in [-0.3, -0.25) is 9.58 Å². The second-order valence-corrected chi connectivity index (χ2v) is 5.99. The summed E-state index contributed by atoms with van der Waals surface area (Å²) in [6.45, 7) is 10.6. The fourth-order valence-corrected chi connectivity index (χ4v) is 2.24. The summed E-state index contributed by atoms with van der Waals surface area (Å²) in [7, 11) is 0. The van der Waals surface area contributed by atoms with Crippen LogP contribution in [-0.2, 0) is 11.3 Å². The van der Waals surface area contributed by atoms with E-state index < -0.39 is 5.60 Å². The zero-order valence-electron chi connectivity index (χ0n) is 12.7. The Labute approximate surface area is 120 Å². The number of amides is 1. The maximum atomic E-state index is 12.3. The minimum absolute atomic E-state index is 0.0635. The van der Waals surface area contributed by atoms with Crippen molar-refractivity contribution in [3.63, 3.8) is 0 Å². The summed E-state index contributed by atoms with van der Waals surface area (Å²) in [4.78, 5) is 14.1. The van der Waals surface area contributed by atoms with Crippen molar-refractivity contribution < 1.29 is 9.53 Å². The van der Waals surface area contributed by atoms with Gasteiger partial charge in [-0.15, -0.1) is 0 Å². The molecule has 20 heavy (non-hydrogen) atoms. The fraction of sp³-hybridized carbons (Fsp3) is 0.714. The van der Waals surface area contributed by atoms with Gasteiger partial charge in [-0.05, 0) is 33.8 Å². The molecule has 1 saturated heterocycles. The molecular formula is C14H24N4O2. The van der Waals surface area contributed by atoms with Crippen molar-refractivity contribution in [3.8, 4) is 0 Å². The van der Waals surface area contributed by atoms with E-state index in [1.807, 2.05) is 44.6 Å². The minimum Gasteiger partial charge on any atom is -0.444 e. The maximum absolute atomic E-state index is 12.3. The molecule has 0 bridgehead atoms. The second-order valence-electron chi connectivity index (χ2n) is 5.99. The standard InChI is InChI=1S/C14H24N4O2/c1-5-17-8-6-11(16-17)12-10-15-7-9-18(12)13(19)20-14(2,3)4/h6,8,12,15H,5,7,9-10H2,1-4H3. The molecule has 2 rings (SSSR count). The van der Waals surface area contributed by atoms with Gasteiger partial charge in [-0.25, -0.2) is 4.79 Å². The lowest BCUT2D eigenvalue weighted by Crippen LogP contribution is -2.50. The van der Waals surface area contributed by atoms with Crippen LogP contribution in [0, 0.1) is 0 Å². The number of rotatable bonds is 2. The van der Waals surface area contributed by atoms with Gasteiger partial charge >= 0.3 is 6.09 Å². The molecule has 0 aliphatic carbocycles. The SMILES string of the molecule is CCn1ccc(C2CNCCN2C(=O)OC(C)(C)C)n1. The van der Waals surface area contributed by atoms with Crippen LogP contribution in [0.1, 0.15) is 39.4 Å². The Kier molecular flexibility index (Phi) is 4.32. The molecule has 1 aromatic heterocycles. The minimum atomic E-state index is -0.477. The van der Waals surface area contributed by atoms with Crippen LogP contribution < -0.4 is 5.32 Å². The average Bonchev–Trinajstić information content (AvgIpc) is 2.85. The van der Waals surface area contributed by atoms with Gasteiger partial charge in [0.05, 0.1) is 11.7 Å². The van der Waals surface area contributed by atoms with Crippen LogP contribution in [0.2, 0.25) is 0 Å². The van der Waals surface area contributed by atoms with E-state index in [1.54, 1.807) is 4.90 Å². The molecule has 0 saturated carbocycles. The van der Waals surface area contributed by atoms with Gasteiger partial charge in [0.15, 0.2) is 0 Å². The highest BCUT2D eigenvalue weighted by Crippen LogP contribution is 2.23. The Morgan fingerprint density at radius 2 is 2.30 bits per heavy atom. The third-order valence-corrected chi connectivity index (χ3v) is 3.20. The molecule has 1 aromatic rings. The summed E-state index contributed by atoms with van der Waals surface area (Å²) in [5, 5.41) is 7.82. The molecule has 0 aromatic carbocycles. The number of aryl methyl sites for hydroxylation is 1. The molecule has 1 amide bonds. The average molecular weight is 280 g/mol. The molecule has 1 N–H and O–H groups in total. The lowest BCUT2D eigenvalue weighted by molar-refractivity contribution is 0.0112. The van der Waals surface area contributed by atoms with Gasteiger partial charge in [0.1, 0.15) is 5.60 Å². The van der Waals surface area contributed by atoms with Gasteiger partial charge < -0.3 is 10.1 Å². The molecule has 1 unspecified atom stereocenters. The van der Waals surface area contributed by atoms with Crippen molar-refractivity contribution in [1.82, 2.24) is 20.0 Å². The highest BCUT2D eigenvalue weighted by atomic mass is 16.6. The van der Waals surface area contributed by atoms with Gasteiger partial charge in [0.2, 0.25) is 0 Å². The van der Waals surface area contributed by atoms with Gasteiger partial charge in [0, 0.05) is 32.4 Å². The lowest BCUT2D eigenvalue weighted by Gasteiger charge is -2.36. The number of nitrogens with zero attached hydrogens (tertiary/aromatic N) is 3. The Balaban J connectivity index is 2.14. The van der Waals surface area contributed by atoms with Crippen LogP contribution in [0.4, 0.5) is 4.79 Å². The molecular weight excluding hydrogens is 256 g/mol. The molecule has 112 valence electrons. The Hall–Kier alpha value is -1.56. The second kappa shape index (κ2) is 5.83. The van der Waals surface area contributed by atoms with Crippen LogP contribution in [0.5, 0.6) is 0 Å². The van der Waals surface area contributed by atoms with E-state index in [1.165, 1.54) is 0 Å². The zero-order chi connectivity index (χ0) is 14.8. The summed E-state index contributed by atoms with van der Waals surface area (Å²) in [5.74, 6) is 0. The quantitative estimate of drug-likeness (QED) is 0.897. The number of hydrogen-bond acceptors (Lipinski definition) is 4. The normalized spacial score (nSPS) is 20.0. The number of carbonyl (C=O) groups is 1. The van der Waals surface area contributed by atoms with E-state index in [9.17, 15) is 4.79 Å². The predicted octanol–water partition coefficient (Wildman–Crippen LogP) is 1.78. The van der Waals surface area contributed by atoms with Crippen molar-refractivity contribution in [2.24, 2.45) is 0 Å². The fourth-order valence-electron chi connectivity index (χ4n) is 2.24. The van der Waals surface area contributed by atoms with E-state index in [-0.39, 0.29) is 12.1 Å². The highest BCUT2D eigenvalue weighted by Gasteiger charge is 2.32. The number of hydrogen-bond donors (Lipinski definition) is 1. The summed E-state index contributed by atoms with van der Waals surface area (Å²) in [6.07, 6.45) is 1.67. The van der Waals surface area contributed by atoms with Gasteiger partial charge in [0.25, 0.3) is 0 Å². The zero-order valence-corrected chi connectivity index (χ0v) is 12.7. The van der Waals surface area contributed by atoms with Crippen LogP contribution >= 0.6 is 0 Å². The van der Waals surface area contributed by atoms with Crippen LogP contribution in [-0.4, -0.2) is 46.0 Å². The predicted molar refractivity (Wildman–Crippen MR) is 76.5 cm³/mol. The molecule has 0 spiro atoms. The molecule has 6 heteroatoms. The topological polar surface area (TPSA) is 59.4 Å². The van der Waals surface area contributed by atoms with Gasteiger partial charge in [-0.2, -0.15) is 5.10 Å². The number of nitrogens with one attached hydrogen (secondary N) is 1. The van der Waals surface area contributed by atoms with Crippen LogP contribution in [0.25, 0.3) is 0 Å². The third-order valence-electron chi connectivity index (χ3n) is 3.20. The highest BCUT2D eigenvalue weighted by molar-refractivity contribution is 5.69. The number of ether oxygens (including phenoxy) is 1. The number of aromatic nitrogens is 2. The number of carbonyl (C=O) groups excluding carboxylic acids is 1. The van der Waals surface area contributed by atoms with E-state index in [0.717, 1.165) is 18.8 Å². The van der Waals surface area contributed by atoms with E-state index in [0.29, 0.717) is 13.1 Å². The van der Waals surface area contributed by atoms with Crippen molar-refractivity contribution in [2.45, 2.75) is 45.9 Å². The first-order valence-electron chi connectivity index (χ1n) is 7.14. The first-order chi connectivity index (χ1) is 9.40. The molecule has 1 fully saturated rings. The van der Waals surface area contributed by atoms with Crippen molar-refractivity contribution in [1.29, 1.82) is 0 Å². The van der Waals surface area contributed by atoms with Crippen LogP contribution in [0.15, 0.2) is 12.3 Å². The number of piperazine rings is 1. The molecule has 6 nitrogen and oxygen atoms in total. The smallest absolute Gasteiger partial charge is 0.410 e. The molecule has 1 aliphatic rings. The first kappa shape index (κ1) is 14.8. The Bertz CT molecular complexity index is 464.